The van der Waals surface area contributed by atoms with Crippen molar-refractivity contribution in [1.29, 1.82) is 0 Å². The molecule has 3 N–H and O–H groups in total. The van der Waals surface area contributed by atoms with Gasteiger partial charge in [-0.2, -0.15) is 0 Å². The van der Waals surface area contributed by atoms with Crippen molar-refractivity contribution in [2.75, 3.05) is 13.7 Å². The van der Waals surface area contributed by atoms with Crippen molar-refractivity contribution in [2.24, 2.45) is 35.3 Å². The van der Waals surface area contributed by atoms with Crippen LogP contribution in [0.4, 0.5) is 0 Å². The molecule has 3 rings (SSSR count). The first-order chi connectivity index (χ1) is 23.2. The Kier molecular flexibility index (Phi) is 15.1. The number of primary amides is 1. The zero-order valence-corrected chi connectivity index (χ0v) is 30.3. The van der Waals surface area contributed by atoms with E-state index in [9.17, 15) is 19.2 Å². The van der Waals surface area contributed by atoms with Crippen LogP contribution in [0.25, 0.3) is 0 Å². The molecule has 268 valence electrons. The standard InChI is InChI=1S/C38H51ClN2O8/c1-22(2)18-32(38(45)47-30(14-11-15-33(40)42)25(6)34-35(49-34)27-12-9-8-10-13-27)48-37(44)28(23(3)4)21-41-36(43)24(5)19-26-16-17-31(46-7)29(39)20-26/h8-13,15-17,20,22-25,28,30,32,34-35H,14,18-19,21H2,1-7H3,(H2,40,42)(H,41,43)/b15-11+/t24-,25+,28+,30+,32+,34-,35-/m1/s1. The highest BCUT2D eigenvalue weighted by Gasteiger charge is 2.47. The van der Waals surface area contributed by atoms with Crippen molar-refractivity contribution < 1.29 is 38.1 Å². The number of epoxide rings is 1. The predicted octanol–water partition coefficient (Wildman–Crippen LogP) is 5.99. The Balaban J connectivity index is 1.66. The van der Waals surface area contributed by atoms with E-state index in [0.29, 0.717) is 17.2 Å². The third-order valence-corrected chi connectivity index (χ3v) is 8.99. The summed E-state index contributed by atoms with van der Waals surface area (Å²) in [6, 6.07) is 15.1. The minimum absolute atomic E-state index is 0.00900. The molecule has 1 fully saturated rings. The van der Waals surface area contributed by atoms with Crippen molar-refractivity contribution in [3.8, 4) is 5.75 Å². The summed E-state index contributed by atoms with van der Waals surface area (Å²) in [7, 11) is 1.54. The zero-order chi connectivity index (χ0) is 36.2. The molecule has 0 radical (unpaired) electrons. The molecule has 2 amide bonds. The largest absolute Gasteiger partial charge is 0.495 e. The highest BCUT2D eigenvalue weighted by molar-refractivity contribution is 6.32. The molecule has 11 heteroatoms. The molecule has 0 bridgehead atoms. The summed E-state index contributed by atoms with van der Waals surface area (Å²) in [5.74, 6) is -3.06. The normalized spacial score (nSPS) is 18.7. The molecule has 0 aromatic heterocycles. The minimum Gasteiger partial charge on any atom is -0.495 e. The van der Waals surface area contributed by atoms with Crippen molar-refractivity contribution in [3.63, 3.8) is 0 Å². The lowest BCUT2D eigenvalue weighted by Gasteiger charge is -2.27. The van der Waals surface area contributed by atoms with Gasteiger partial charge in [0, 0.05) is 24.8 Å². The van der Waals surface area contributed by atoms with Gasteiger partial charge < -0.3 is 30.0 Å². The summed E-state index contributed by atoms with van der Waals surface area (Å²) in [6.45, 7) is 11.3. The number of hydrogen-bond donors (Lipinski definition) is 2. The van der Waals surface area contributed by atoms with Gasteiger partial charge in [-0.05, 0) is 54.0 Å². The van der Waals surface area contributed by atoms with Gasteiger partial charge in [-0.3, -0.25) is 14.4 Å². The molecule has 49 heavy (non-hydrogen) atoms. The summed E-state index contributed by atoms with van der Waals surface area (Å²) in [6.07, 6.45) is 1.54. The maximum Gasteiger partial charge on any atom is 0.347 e. The molecule has 1 heterocycles. The molecule has 0 unspecified atom stereocenters. The summed E-state index contributed by atoms with van der Waals surface area (Å²) in [5, 5.41) is 3.35. The molecule has 0 saturated carbocycles. The number of benzene rings is 2. The topological polar surface area (TPSA) is 147 Å². The monoisotopic (exact) mass is 698 g/mol. The van der Waals surface area contributed by atoms with E-state index >= 15 is 0 Å². The molecule has 1 aliphatic heterocycles. The van der Waals surface area contributed by atoms with E-state index in [2.05, 4.69) is 5.32 Å². The maximum atomic E-state index is 13.7. The zero-order valence-electron chi connectivity index (χ0n) is 29.5. The van der Waals surface area contributed by atoms with Crippen LogP contribution in [-0.4, -0.2) is 55.7 Å². The second kappa shape index (κ2) is 18.8. The van der Waals surface area contributed by atoms with Crippen LogP contribution in [0.1, 0.15) is 71.6 Å². The molecule has 10 nitrogen and oxygen atoms in total. The van der Waals surface area contributed by atoms with E-state index in [1.54, 1.807) is 25.1 Å². The summed E-state index contributed by atoms with van der Waals surface area (Å²) in [5.41, 5.74) is 7.20. The van der Waals surface area contributed by atoms with Crippen molar-refractivity contribution >= 4 is 35.4 Å². The van der Waals surface area contributed by atoms with Gasteiger partial charge in [0.1, 0.15) is 18.0 Å². The van der Waals surface area contributed by atoms with Gasteiger partial charge in [0.25, 0.3) is 0 Å². The number of rotatable bonds is 19. The first kappa shape index (κ1) is 39.5. The smallest absolute Gasteiger partial charge is 0.347 e. The van der Waals surface area contributed by atoms with E-state index in [1.807, 2.05) is 71.0 Å². The number of methoxy groups -OCH3 is 1. The lowest BCUT2D eigenvalue weighted by atomic mass is 9.93. The number of nitrogens with one attached hydrogen (secondary N) is 1. The molecular formula is C38H51ClN2O8. The fourth-order valence-electron chi connectivity index (χ4n) is 5.67. The molecule has 0 spiro atoms. The second-order valence-electron chi connectivity index (χ2n) is 13.5. The van der Waals surface area contributed by atoms with Gasteiger partial charge in [0.05, 0.1) is 24.2 Å². The van der Waals surface area contributed by atoms with Crippen LogP contribution in [0.2, 0.25) is 5.02 Å². The first-order valence-electron chi connectivity index (χ1n) is 16.9. The van der Waals surface area contributed by atoms with Crippen LogP contribution in [0, 0.1) is 29.6 Å². The fourth-order valence-corrected chi connectivity index (χ4v) is 5.95. The summed E-state index contributed by atoms with van der Waals surface area (Å²) >= 11 is 6.25. The van der Waals surface area contributed by atoms with Crippen LogP contribution in [0.5, 0.6) is 5.75 Å². The number of nitrogens with two attached hydrogens (primary N) is 1. The molecule has 1 saturated heterocycles. The summed E-state index contributed by atoms with van der Waals surface area (Å²) in [4.78, 5) is 51.6. The molecule has 2 aromatic carbocycles. The number of esters is 2. The van der Waals surface area contributed by atoms with Crippen molar-refractivity contribution in [3.05, 3.63) is 76.8 Å². The average Bonchev–Trinajstić information content (AvgIpc) is 3.85. The molecule has 0 aliphatic carbocycles. The van der Waals surface area contributed by atoms with Crippen LogP contribution >= 0.6 is 11.6 Å². The highest BCUT2D eigenvalue weighted by Crippen LogP contribution is 2.45. The number of halogens is 1. The average molecular weight is 699 g/mol. The maximum absolute atomic E-state index is 13.7. The predicted molar refractivity (Wildman–Crippen MR) is 188 cm³/mol. The Morgan fingerprint density at radius 1 is 0.980 bits per heavy atom. The van der Waals surface area contributed by atoms with E-state index in [4.69, 9.17) is 36.3 Å². The second-order valence-corrected chi connectivity index (χ2v) is 13.9. The van der Waals surface area contributed by atoms with Gasteiger partial charge in [-0.25, -0.2) is 4.79 Å². The van der Waals surface area contributed by atoms with Gasteiger partial charge in [-0.15, -0.1) is 0 Å². The Hall–Kier alpha value is -3.89. The summed E-state index contributed by atoms with van der Waals surface area (Å²) < 4.78 is 23.0. The third-order valence-electron chi connectivity index (χ3n) is 8.69. The van der Waals surface area contributed by atoms with Gasteiger partial charge in [-0.1, -0.05) is 95.6 Å². The van der Waals surface area contributed by atoms with Crippen LogP contribution in [-0.2, 0) is 39.8 Å². The Morgan fingerprint density at radius 3 is 2.27 bits per heavy atom. The number of hydrogen-bond acceptors (Lipinski definition) is 8. The lowest BCUT2D eigenvalue weighted by molar-refractivity contribution is -0.177. The number of amides is 2. The molecule has 1 aliphatic rings. The van der Waals surface area contributed by atoms with Gasteiger partial charge >= 0.3 is 11.9 Å². The van der Waals surface area contributed by atoms with Gasteiger partial charge in [0.15, 0.2) is 6.10 Å². The molecular weight excluding hydrogens is 648 g/mol. The number of ether oxygens (including phenoxy) is 4. The SMILES string of the molecule is COc1ccc(C[C@@H](C)C(=O)NC[C@H](C(=O)O[C@@H](CC(C)C)C(=O)O[C@@H](C/C=C/C(N)=O)[C@H](C)[C@H]2O[C@@H]2c2ccccc2)C(C)C)cc1Cl. The van der Waals surface area contributed by atoms with Crippen molar-refractivity contribution in [2.45, 2.75) is 85.2 Å². The van der Waals surface area contributed by atoms with E-state index in [0.717, 1.165) is 11.1 Å². The van der Waals surface area contributed by atoms with E-state index < -0.39 is 41.9 Å². The van der Waals surface area contributed by atoms with Gasteiger partial charge in [0.2, 0.25) is 11.8 Å². The van der Waals surface area contributed by atoms with Crippen LogP contribution in [0.15, 0.2) is 60.7 Å². The van der Waals surface area contributed by atoms with Crippen LogP contribution < -0.4 is 15.8 Å². The third kappa shape index (κ3) is 12.2. The van der Waals surface area contributed by atoms with E-state index in [-0.39, 0.29) is 55.3 Å². The Bertz CT molecular complexity index is 1450. The minimum atomic E-state index is -1.16. The quantitative estimate of drug-likeness (QED) is 0.103. The molecule has 7 atom stereocenters. The number of carbonyl (C=O) groups is 4. The molecule has 2 aromatic rings. The lowest BCUT2D eigenvalue weighted by Crippen LogP contribution is -2.42. The Morgan fingerprint density at radius 2 is 1.67 bits per heavy atom. The Labute approximate surface area is 295 Å². The first-order valence-corrected chi connectivity index (χ1v) is 17.3. The number of carbonyl (C=O) groups excluding carboxylic acids is 4. The van der Waals surface area contributed by atoms with E-state index in [1.165, 1.54) is 13.2 Å². The van der Waals surface area contributed by atoms with Crippen LogP contribution in [0.3, 0.4) is 0 Å². The highest BCUT2D eigenvalue weighted by atomic mass is 35.5. The van der Waals surface area contributed by atoms with Crippen molar-refractivity contribution in [1.82, 2.24) is 5.32 Å². The fraction of sp³-hybridized carbons (Fsp3) is 0.526.